The van der Waals surface area contributed by atoms with E-state index in [1.54, 1.807) is 6.07 Å². The van der Waals surface area contributed by atoms with Crippen LogP contribution in [0.15, 0.2) is 12.1 Å². The molecule has 0 amide bonds. The van der Waals surface area contributed by atoms with Crippen LogP contribution in [-0.4, -0.2) is 33.6 Å². The fraction of sp³-hybridized carbons (Fsp3) is 0.533. The minimum Gasteiger partial charge on any atom is -0.325 e. The highest BCUT2D eigenvalue weighted by Gasteiger charge is 2.21. The number of hydrogen-bond donors (Lipinski definition) is 0. The van der Waals surface area contributed by atoms with Crippen LogP contribution in [0.25, 0.3) is 11.0 Å². The summed E-state index contributed by atoms with van der Waals surface area (Å²) in [7, 11) is 0. The van der Waals surface area contributed by atoms with Gasteiger partial charge in [-0.1, -0.05) is 11.6 Å². The van der Waals surface area contributed by atoms with E-state index in [-0.39, 0.29) is 5.02 Å². The topological polar surface area (TPSA) is 21.1 Å². The molecule has 1 saturated heterocycles. The van der Waals surface area contributed by atoms with Gasteiger partial charge in [-0.15, -0.1) is 11.6 Å². The third kappa shape index (κ3) is 2.89. The highest BCUT2D eigenvalue weighted by Crippen LogP contribution is 2.25. The van der Waals surface area contributed by atoms with Crippen LogP contribution in [0.3, 0.4) is 0 Å². The highest BCUT2D eigenvalue weighted by molar-refractivity contribution is 6.31. The van der Waals surface area contributed by atoms with Crippen molar-refractivity contribution >= 4 is 34.2 Å². The number of rotatable bonds is 4. The molecule has 1 aromatic carbocycles. The van der Waals surface area contributed by atoms with Gasteiger partial charge in [0, 0.05) is 18.7 Å². The van der Waals surface area contributed by atoms with Gasteiger partial charge in [0.25, 0.3) is 0 Å². The largest absolute Gasteiger partial charge is 0.325 e. The summed E-state index contributed by atoms with van der Waals surface area (Å²) in [4.78, 5) is 6.93. The molecule has 0 bridgehead atoms. The van der Waals surface area contributed by atoms with Crippen LogP contribution < -0.4 is 0 Å². The normalized spacial score (nSPS) is 17.7. The van der Waals surface area contributed by atoms with Gasteiger partial charge in [-0.2, -0.15) is 0 Å². The zero-order chi connectivity index (χ0) is 15.0. The van der Waals surface area contributed by atoms with Gasteiger partial charge in [0.1, 0.15) is 11.6 Å². The fourth-order valence-corrected chi connectivity index (χ4v) is 3.40. The van der Waals surface area contributed by atoms with Gasteiger partial charge in [0.2, 0.25) is 0 Å². The summed E-state index contributed by atoms with van der Waals surface area (Å²) in [6.45, 7) is 5.22. The molecule has 0 radical (unpaired) electrons. The Morgan fingerprint density at radius 3 is 2.71 bits per heavy atom. The average Bonchev–Trinajstić information content (AvgIpc) is 3.09. The molecule has 0 aliphatic carbocycles. The van der Waals surface area contributed by atoms with Crippen LogP contribution in [0.1, 0.15) is 25.6 Å². The van der Waals surface area contributed by atoms with Crippen molar-refractivity contribution in [1.29, 1.82) is 0 Å². The molecule has 3 nitrogen and oxygen atoms in total. The number of nitrogens with zero attached hydrogens (tertiary/aromatic N) is 3. The Hall–Kier alpha value is -0.840. The summed E-state index contributed by atoms with van der Waals surface area (Å²) in [6.07, 6.45) is 2.50. The molecule has 114 valence electrons. The molecule has 0 saturated carbocycles. The Morgan fingerprint density at radius 1 is 1.33 bits per heavy atom. The van der Waals surface area contributed by atoms with E-state index < -0.39 is 5.82 Å². The molecule has 0 spiro atoms. The average molecular weight is 330 g/mol. The van der Waals surface area contributed by atoms with E-state index in [4.69, 9.17) is 23.2 Å². The lowest BCUT2D eigenvalue weighted by atomic mass is 10.2. The van der Waals surface area contributed by atoms with Gasteiger partial charge in [-0.3, -0.25) is 4.90 Å². The number of halogens is 3. The number of imidazole rings is 1. The van der Waals surface area contributed by atoms with Crippen LogP contribution in [-0.2, 0) is 12.4 Å². The summed E-state index contributed by atoms with van der Waals surface area (Å²) in [5.41, 5.74) is 1.46. The SMILES string of the molecule is CC(Cn1c(CCl)nc2cc(Cl)c(F)cc21)N1CCCC1. The van der Waals surface area contributed by atoms with Crippen LogP contribution in [0.5, 0.6) is 0 Å². The minimum absolute atomic E-state index is 0.0980. The van der Waals surface area contributed by atoms with E-state index in [0.29, 0.717) is 17.4 Å². The lowest BCUT2D eigenvalue weighted by molar-refractivity contribution is 0.236. The predicted octanol–water partition coefficient (Wildman–Crippen LogP) is 4.05. The smallest absolute Gasteiger partial charge is 0.144 e. The molecule has 1 atom stereocenters. The van der Waals surface area contributed by atoms with Gasteiger partial charge in [0.15, 0.2) is 0 Å². The van der Waals surface area contributed by atoms with Crippen molar-refractivity contribution in [3.63, 3.8) is 0 Å². The summed E-state index contributed by atoms with van der Waals surface area (Å²) in [5.74, 6) is 0.653. The zero-order valence-electron chi connectivity index (χ0n) is 12.0. The van der Waals surface area contributed by atoms with E-state index in [1.807, 2.05) is 4.57 Å². The van der Waals surface area contributed by atoms with Gasteiger partial charge in [-0.25, -0.2) is 9.37 Å². The first-order valence-corrected chi connectivity index (χ1v) is 8.15. The van der Waals surface area contributed by atoms with Crippen molar-refractivity contribution in [3.05, 3.63) is 28.8 Å². The van der Waals surface area contributed by atoms with Crippen molar-refractivity contribution in [2.45, 2.75) is 38.2 Å². The highest BCUT2D eigenvalue weighted by atomic mass is 35.5. The maximum absolute atomic E-state index is 13.8. The van der Waals surface area contributed by atoms with E-state index in [2.05, 4.69) is 16.8 Å². The van der Waals surface area contributed by atoms with Crippen molar-refractivity contribution < 1.29 is 4.39 Å². The third-order valence-corrected chi connectivity index (χ3v) is 4.73. The van der Waals surface area contributed by atoms with Crippen LogP contribution in [0, 0.1) is 5.82 Å². The molecule has 3 rings (SSSR count). The molecule has 1 unspecified atom stereocenters. The Kier molecular flexibility index (Phi) is 4.38. The molecular formula is C15H18Cl2FN3. The number of aromatic nitrogens is 2. The first-order chi connectivity index (χ1) is 10.1. The molecule has 2 heterocycles. The molecule has 6 heteroatoms. The maximum Gasteiger partial charge on any atom is 0.144 e. The first kappa shape index (κ1) is 15.1. The van der Waals surface area contributed by atoms with Gasteiger partial charge in [-0.05, 0) is 38.9 Å². The molecule has 1 fully saturated rings. The summed E-state index contributed by atoms with van der Waals surface area (Å²) in [6, 6.07) is 3.40. The number of likely N-dealkylation sites (tertiary alicyclic amines) is 1. The Morgan fingerprint density at radius 2 is 2.05 bits per heavy atom. The number of alkyl halides is 1. The van der Waals surface area contributed by atoms with Gasteiger partial charge < -0.3 is 4.57 Å². The molecule has 1 aromatic heterocycles. The van der Waals surface area contributed by atoms with Crippen molar-refractivity contribution in [3.8, 4) is 0 Å². The van der Waals surface area contributed by atoms with E-state index >= 15 is 0 Å². The number of fused-ring (bicyclic) bond motifs is 1. The summed E-state index contributed by atoms with van der Waals surface area (Å²) < 4.78 is 15.8. The van der Waals surface area contributed by atoms with E-state index in [9.17, 15) is 4.39 Å². The fourth-order valence-electron chi connectivity index (χ4n) is 3.04. The molecule has 2 aromatic rings. The maximum atomic E-state index is 13.8. The molecule has 21 heavy (non-hydrogen) atoms. The zero-order valence-corrected chi connectivity index (χ0v) is 13.5. The van der Waals surface area contributed by atoms with Crippen LogP contribution >= 0.6 is 23.2 Å². The van der Waals surface area contributed by atoms with E-state index in [0.717, 1.165) is 31.0 Å². The second kappa shape index (κ2) is 6.11. The van der Waals surface area contributed by atoms with Crippen LogP contribution in [0.4, 0.5) is 4.39 Å². The van der Waals surface area contributed by atoms with E-state index in [1.165, 1.54) is 18.9 Å². The second-order valence-electron chi connectivity index (χ2n) is 5.62. The number of hydrogen-bond acceptors (Lipinski definition) is 2. The molecular weight excluding hydrogens is 312 g/mol. The minimum atomic E-state index is -0.416. The Labute approximate surface area is 133 Å². The van der Waals surface area contributed by atoms with Crippen molar-refractivity contribution in [1.82, 2.24) is 14.5 Å². The van der Waals surface area contributed by atoms with Crippen molar-refractivity contribution in [2.24, 2.45) is 0 Å². The van der Waals surface area contributed by atoms with Crippen LogP contribution in [0.2, 0.25) is 5.02 Å². The lowest BCUT2D eigenvalue weighted by Crippen LogP contribution is -2.34. The molecule has 1 aliphatic heterocycles. The van der Waals surface area contributed by atoms with Gasteiger partial charge in [0.05, 0.1) is 21.9 Å². The van der Waals surface area contributed by atoms with Gasteiger partial charge >= 0.3 is 0 Å². The summed E-state index contributed by atoms with van der Waals surface area (Å²) in [5, 5.41) is 0.0980. The Balaban J connectivity index is 1.97. The molecule has 1 aliphatic rings. The third-order valence-electron chi connectivity index (χ3n) is 4.20. The molecule has 0 N–H and O–H groups in total. The lowest BCUT2D eigenvalue weighted by Gasteiger charge is -2.25. The Bertz CT molecular complexity index is 650. The predicted molar refractivity (Wildman–Crippen MR) is 84.5 cm³/mol. The van der Waals surface area contributed by atoms with Crippen molar-refractivity contribution in [2.75, 3.05) is 13.1 Å². The summed E-state index contributed by atoms with van der Waals surface area (Å²) >= 11 is 11.8. The first-order valence-electron chi connectivity index (χ1n) is 7.24. The quantitative estimate of drug-likeness (QED) is 0.789. The monoisotopic (exact) mass is 329 g/mol. The number of benzene rings is 1. The second-order valence-corrected chi connectivity index (χ2v) is 6.29. The standard InChI is InChI=1S/C15H18Cl2FN3/c1-10(20-4-2-3-5-20)9-21-14-7-12(18)11(17)6-13(14)19-15(21)8-16/h6-7,10H,2-5,8-9H2,1H3.